The van der Waals surface area contributed by atoms with Crippen molar-refractivity contribution in [2.45, 2.75) is 68.9 Å². The molecule has 9 heteroatoms. The van der Waals surface area contributed by atoms with E-state index in [0.717, 1.165) is 49.9 Å². The largest absolute Gasteiger partial charge is 0.351 e. The second-order valence-corrected chi connectivity index (χ2v) is 10.7. The fraction of sp³-hybridized carbons (Fsp3) is 0.737. The minimum Gasteiger partial charge on any atom is -0.351 e. The number of amides is 1. The number of hydrogen-bond donors (Lipinski definition) is 1. The number of carbonyl (C=O) groups is 1. The van der Waals surface area contributed by atoms with E-state index in [0.29, 0.717) is 19.0 Å². The zero-order chi connectivity index (χ0) is 19.5. The minimum absolute atomic E-state index is 0.142. The first-order chi connectivity index (χ1) is 13.4. The molecule has 1 aromatic rings. The van der Waals surface area contributed by atoms with Gasteiger partial charge in [-0.05, 0) is 38.5 Å². The molecule has 0 bridgehead atoms. The second kappa shape index (κ2) is 6.38. The van der Waals surface area contributed by atoms with Crippen molar-refractivity contribution < 1.29 is 13.2 Å². The van der Waals surface area contributed by atoms with Gasteiger partial charge in [0.2, 0.25) is 21.9 Å². The fourth-order valence-corrected chi connectivity index (χ4v) is 5.90. The molecule has 28 heavy (non-hydrogen) atoms. The maximum atomic E-state index is 13.1. The topological polar surface area (TPSA) is 95.5 Å². The summed E-state index contributed by atoms with van der Waals surface area (Å²) in [4.78, 5) is 24.4. The number of fused-ring (bicyclic) bond motifs is 2. The number of sulfonamides is 1. The average molecular weight is 406 g/mol. The summed E-state index contributed by atoms with van der Waals surface area (Å²) in [5.41, 5.74) is 0.652. The van der Waals surface area contributed by atoms with E-state index in [-0.39, 0.29) is 23.4 Å². The van der Waals surface area contributed by atoms with Crippen LogP contribution < -0.4 is 10.2 Å². The lowest BCUT2D eigenvalue weighted by molar-refractivity contribution is -0.120. The molecule has 152 valence electrons. The van der Waals surface area contributed by atoms with Gasteiger partial charge in [0.25, 0.3) is 0 Å². The van der Waals surface area contributed by atoms with Crippen molar-refractivity contribution in [1.82, 2.24) is 14.3 Å². The maximum Gasteiger partial charge on any atom is 0.239 e. The van der Waals surface area contributed by atoms with Gasteiger partial charge in [-0.25, -0.2) is 17.7 Å². The van der Waals surface area contributed by atoms with E-state index in [1.165, 1.54) is 23.4 Å². The molecule has 3 fully saturated rings. The van der Waals surface area contributed by atoms with E-state index < -0.39 is 10.0 Å². The van der Waals surface area contributed by atoms with Gasteiger partial charge in [-0.1, -0.05) is 12.8 Å². The van der Waals surface area contributed by atoms with Gasteiger partial charge >= 0.3 is 0 Å². The Hall–Kier alpha value is -1.74. The van der Waals surface area contributed by atoms with Crippen molar-refractivity contribution in [2.24, 2.45) is 0 Å². The third-order valence-corrected chi connectivity index (χ3v) is 8.14. The Kier molecular flexibility index (Phi) is 4.17. The third-order valence-electron chi connectivity index (χ3n) is 6.84. The third kappa shape index (κ3) is 2.90. The van der Waals surface area contributed by atoms with Crippen molar-refractivity contribution >= 4 is 27.7 Å². The summed E-state index contributed by atoms with van der Waals surface area (Å²) in [7, 11) is -3.13. The van der Waals surface area contributed by atoms with E-state index >= 15 is 0 Å². The van der Waals surface area contributed by atoms with Crippen LogP contribution in [0.5, 0.6) is 0 Å². The molecule has 2 aliphatic carbocycles. The van der Waals surface area contributed by atoms with Crippen LogP contribution in [0.15, 0.2) is 6.20 Å². The number of anilines is 2. The molecule has 0 aromatic carbocycles. The Morgan fingerprint density at radius 3 is 2.43 bits per heavy atom. The molecule has 8 nitrogen and oxygen atoms in total. The number of aromatic nitrogens is 2. The lowest BCUT2D eigenvalue weighted by Gasteiger charge is -2.30. The molecule has 4 aliphatic rings. The normalized spacial score (nSPS) is 25.5. The molecule has 1 N–H and O–H groups in total. The van der Waals surface area contributed by atoms with Crippen LogP contribution in [0.4, 0.5) is 11.8 Å². The van der Waals surface area contributed by atoms with Crippen LogP contribution in [-0.2, 0) is 20.2 Å². The Labute approximate surface area is 165 Å². The first-order valence-electron chi connectivity index (χ1n) is 10.3. The predicted octanol–water partition coefficient (Wildman–Crippen LogP) is 1.63. The number of nitrogens with one attached hydrogen (secondary N) is 1. The molecule has 2 saturated carbocycles. The Bertz CT molecular complexity index is 900. The number of rotatable bonds is 4. The van der Waals surface area contributed by atoms with Gasteiger partial charge in [-0.3, -0.25) is 9.69 Å². The fourth-order valence-electron chi connectivity index (χ4n) is 5.03. The Balaban J connectivity index is 1.35. The summed E-state index contributed by atoms with van der Waals surface area (Å²) in [5, 5.41) is 3.37. The molecule has 0 radical (unpaired) electrons. The zero-order valence-corrected chi connectivity index (χ0v) is 17.0. The van der Waals surface area contributed by atoms with Crippen molar-refractivity contribution in [3.63, 3.8) is 0 Å². The molecule has 5 rings (SSSR count). The average Bonchev–Trinajstić information content (AvgIpc) is 3.22. The molecule has 1 spiro atoms. The van der Waals surface area contributed by atoms with Crippen LogP contribution in [0.25, 0.3) is 0 Å². The van der Waals surface area contributed by atoms with E-state index in [1.54, 1.807) is 0 Å². The summed E-state index contributed by atoms with van der Waals surface area (Å²) < 4.78 is 24.9. The van der Waals surface area contributed by atoms with Crippen LogP contribution in [0.2, 0.25) is 0 Å². The molecule has 0 atom stereocenters. The van der Waals surface area contributed by atoms with Crippen LogP contribution in [-0.4, -0.2) is 60.0 Å². The van der Waals surface area contributed by atoms with Crippen LogP contribution in [0.3, 0.4) is 0 Å². The highest BCUT2D eigenvalue weighted by atomic mass is 32.2. The lowest BCUT2D eigenvalue weighted by Crippen LogP contribution is -2.42. The van der Waals surface area contributed by atoms with Gasteiger partial charge in [-0.2, -0.15) is 4.98 Å². The van der Waals surface area contributed by atoms with Gasteiger partial charge in [0.15, 0.2) is 0 Å². The van der Waals surface area contributed by atoms with E-state index in [2.05, 4.69) is 10.3 Å². The first kappa shape index (κ1) is 18.3. The minimum atomic E-state index is -3.13. The van der Waals surface area contributed by atoms with Gasteiger partial charge < -0.3 is 5.32 Å². The molecule has 1 aromatic heterocycles. The van der Waals surface area contributed by atoms with Crippen molar-refractivity contribution in [3.05, 3.63) is 11.8 Å². The van der Waals surface area contributed by atoms with Crippen molar-refractivity contribution in [1.29, 1.82) is 0 Å². The van der Waals surface area contributed by atoms with Crippen LogP contribution in [0, 0.1) is 0 Å². The van der Waals surface area contributed by atoms with Gasteiger partial charge in [0, 0.05) is 36.9 Å². The predicted molar refractivity (Wildman–Crippen MR) is 106 cm³/mol. The second-order valence-electron chi connectivity index (χ2n) is 8.71. The molecule has 0 unspecified atom stereocenters. The number of hydrogen-bond acceptors (Lipinski definition) is 6. The molecule has 1 amide bonds. The highest BCUT2D eigenvalue weighted by Gasteiger charge is 2.61. The molecule has 2 aliphatic heterocycles. The Morgan fingerprint density at radius 2 is 1.82 bits per heavy atom. The van der Waals surface area contributed by atoms with Crippen LogP contribution >= 0.6 is 0 Å². The lowest BCUT2D eigenvalue weighted by atomic mass is 10.0. The van der Waals surface area contributed by atoms with Crippen LogP contribution in [0.1, 0.15) is 56.9 Å². The van der Waals surface area contributed by atoms with Gasteiger partial charge in [0.1, 0.15) is 5.82 Å². The van der Waals surface area contributed by atoms with Crippen molar-refractivity contribution in [3.8, 4) is 0 Å². The first-order valence-corrected chi connectivity index (χ1v) is 12.2. The smallest absolute Gasteiger partial charge is 0.239 e. The quantitative estimate of drug-likeness (QED) is 0.818. The van der Waals surface area contributed by atoms with E-state index in [4.69, 9.17) is 4.98 Å². The maximum absolute atomic E-state index is 13.1. The number of carbonyl (C=O) groups excluding carboxylic acids is 1. The zero-order valence-electron chi connectivity index (χ0n) is 16.2. The molecule has 1 saturated heterocycles. The standard InChI is InChI=1S/C19H27N5O3S/c1-28(26,27)23-10-6-13(7-11-23)21-18-20-12-15-16(22-18)24(14-4-2-3-5-14)17(25)19(15)8-9-19/h12-14H,2-11H2,1H3,(H,20,21,22). The summed E-state index contributed by atoms with van der Waals surface area (Å²) >= 11 is 0. The molecular weight excluding hydrogens is 378 g/mol. The van der Waals surface area contributed by atoms with E-state index in [1.807, 2.05) is 11.1 Å². The summed E-state index contributed by atoms with van der Waals surface area (Å²) in [5.74, 6) is 1.58. The van der Waals surface area contributed by atoms with Gasteiger partial charge in [0.05, 0.1) is 11.7 Å². The number of piperidine rings is 1. The van der Waals surface area contributed by atoms with Gasteiger partial charge in [-0.15, -0.1) is 0 Å². The molecule has 3 heterocycles. The Morgan fingerprint density at radius 1 is 1.14 bits per heavy atom. The van der Waals surface area contributed by atoms with Crippen molar-refractivity contribution in [2.75, 3.05) is 29.6 Å². The highest BCUT2D eigenvalue weighted by molar-refractivity contribution is 7.88. The summed E-state index contributed by atoms with van der Waals surface area (Å²) in [6, 6.07) is 0.412. The molecular formula is C19H27N5O3S. The van der Waals surface area contributed by atoms with E-state index in [9.17, 15) is 13.2 Å². The highest BCUT2D eigenvalue weighted by Crippen LogP contribution is 2.57. The summed E-state index contributed by atoms with van der Waals surface area (Å²) in [6.45, 7) is 1.02. The number of nitrogens with zero attached hydrogens (tertiary/aromatic N) is 4. The SMILES string of the molecule is CS(=O)(=O)N1CCC(Nc2ncc3c(n2)N(C2CCCC2)C(=O)C32CC2)CC1. The summed E-state index contributed by atoms with van der Waals surface area (Å²) in [6.07, 6.45) is 10.8. The monoisotopic (exact) mass is 405 g/mol.